The molecule has 0 aromatic carbocycles. The quantitative estimate of drug-likeness (QED) is 0.180. The molecular weight excluding hydrogens is 120 g/mol. The Morgan fingerprint density at radius 1 is 1.44 bits per heavy atom. The smallest absolute Gasteiger partial charge is 0.132 e. The highest BCUT2D eigenvalue weighted by molar-refractivity contribution is 5.53. The van der Waals surface area contributed by atoms with Crippen LogP contribution in [0, 0.1) is 0 Å². The van der Waals surface area contributed by atoms with Crippen LogP contribution in [0.2, 0.25) is 0 Å². The highest BCUT2D eigenvalue weighted by Gasteiger charge is 2.02. The van der Waals surface area contributed by atoms with Gasteiger partial charge in [-0.3, -0.25) is 10.6 Å². The van der Waals surface area contributed by atoms with Crippen LogP contribution in [-0.2, 0) is 0 Å². The van der Waals surface area contributed by atoms with Crippen molar-refractivity contribution in [2.45, 2.75) is 0 Å². The van der Waals surface area contributed by atoms with E-state index in [1.54, 1.807) is 0 Å². The van der Waals surface area contributed by atoms with Gasteiger partial charge in [0.2, 0.25) is 0 Å². The van der Waals surface area contributed by atoms with Crippen LogP contribution in [0.3, 0.4) is 0 Å². The van der Waals surface area contributed by atoms with E-state index in [1.165, 1.54) is 6.34 Å². The third-order valence-electron chi connectivity index (χ3n) is 1.09. The molecule has 1 rings (SSSR count). The van der Waals surface area contributed by atoms with Crippen molar-refractivity contribution in [2.24, 2.45) is 5.16 Å². The summed E-state index contributed by atoms with van der Waals surface area (Å²) in [4.78, 5) is 1.81. The molecule has 0 aromatic rings. The van der Waals surface area contributed by atoms with Gasteiger partial charge >= 0.3 is 0 Å². The van der Waals surface area contributed by atoms with Gasteiger partial charge in [-0.25, -0.2) is 0 Å². The maximum Gasteiger partial charge on any atom is 0.132 e. The van der Waals surface area contributed by atoms with Gasteiger partial charge in [0.25, 0.3) is 0 Å². The number of nitrogens with one attached hydrogen (secondary N) is 2. The standard InChI is InChI=1S/C4H10N4O/c9-7-4-8-2-5-1-6-3-8/h4-6,9H,1-3H2. The number of oxime groups is 1. The van der Waals surface area contributed by atoms with Gasteiger partial charge in [-0.05, 0) is 0 Å². The van der Waals surface area contributed by atoms with Crippen molar-refractivity contribution in [3.8, 4) is 0 Å². The summed E-state index contributed by atoms with van der Waals surface area (Å²) >= 11 is 0. The van der Waals surface area contributed by atoms with Gasteiger partial charge < -0.3 is 10.1 Å². The summed E-state index contributed by atoms with van der Waals surface area (Å²) in [5, 5.41) is 17.0. The predicted molar refractivity (Wildman–Crippen MR) is 33.0 cm³/mol. The van der Waals surface area contributed by atoms with Crippen molar-refractivity contribution < 1.29 is 5.21 Å². The summed E-state index contributed by atoms with van der Waals surface area (Å²) in [6, 6.07) is 0. The largest absolute Gasteiger partial charge is 0.410 e. The van der Waals surface area contributed by atoms with Gasteiger partial charge in [-0.15, -0.1) is 0 Å². The molecule has 0 radical (unpaired) electrons. The first kappa shape index (κ1) is 6.31. The van der Waals surface area contributed by atoms with Crippen LogP contribution in [0.4, 0.5) is 0 Å². The third kappa shape index (κ3) is 1.87. The van der Waals surface area contributed by atoms with E-state index < -0.39 is 0 Å². The number of hydrogen-bond donors (Lipinski definition) is 3. The number of nitrogens with zero attached hydrogens (tertiary/aromatic N) is 2. The van der Waals surface area contributed by atoms with E-state index in [2.05, 4.69) is 15.8 Å². The molecule has 0 amide bonds. The lowest BCUT2D eigenvalue weighted by Gasteiger charge is -2.25. The fraction of sp³-hybridized carbons (Fsp3) is 0.750. The lowest BCUT2D eigenvalue weighted by Crippen LogP contribution is -2.49. The zero-order valence-corrected chi connectivity index (χ0v) is 5.04. The van der Waals surface area contributed by atoms with Gasteiger partial charge in [0.15, 0.2) is 0 Å². The van der Waals surface area contributed by atoms with Crippen LogP contribution in [0.5, 0.6) is 0 Å². The molecule has 0 bridgehead atoms. The average Bonchev–Trinajstić information content (AvgIpc) is 1.91. The van der Waals surface area contributed by atoms with Crippen LogP contribution in [0.1, 0.15) is 0 Å². The van der Waals surface area contributed by atoms with Crippen LogP contribution in [-0.4, -0.2) is 36.5 Å². The number of rotatable bonds is 1. The van der Waals surface area contributed by atoms with E-state index in [0.717, 1.165) is 20.0 Å². The van der Waals surface area contributed by atoms with E-state index in [4.69, 9.17) is 5.21 Å². The number of hydrogen-bond acceptors (Lipinski definition) is 4. The monoisotopic (exact) mass is 130 g/mol. The van der Waals surface area contributed by atoms with E-state index in [-0.39, 0.29) is 0 Å². The Morgan fingerprint density at radius 2 is 2.11 bits per heavy atom. The molecule has 1 aliphatic heterocycles. The maximum absolute atomic E-state index is 8.09. The molecule has 1 saturated heterocycles. The van der Waals surface area contributed by atoms with Crippen molar-refractivity contribution in [2.75, 3.05) is 20.0 Å². The topological polar surface area (TPSA) is 59.9 Å². The van der Waals surface area contributed by atoms with Gasteiger partial charge in [0.05, 0.1) is 13.3 Å². The van der Waals surface area contributed by atoms with Crippen LogP contribution in [0.15, 0.2) is 5.16 Å². The summed E-state index contributed by atoms with van der Waals surface area (Å²) in [5.74, 6) is 0. The van der Waals surface area contributed by atoms with Gasteiger partial charge in [0, 0.05) is 6.67 Å². The molecule has 0 aromatic heterocycles. The Kier molecular flexibility index (Phi) is 2.29. The minimum atomic E-state index is 0.733. The van der Waals surface area contributed by atoms with Crippen molar-refractivity contribution in [1.29, 1.82) is 0 Å². The summed E-state index contributed by atoms with van der Waals surface area (Å²) in [5.41, 5.74) is 0. The molecule has 3 N–H and O–H groups in total. The molecule has 5 nitrogen and oxygen atoms in total. The summed E-state index contributed by atoms with van der Waals surface area (Å²) < 4.78 is 0. The minimum absolute atomic E-state index is 0.733. The molecule has 1 aliphatic rings. The van der Waals surface area contributed by atoms with Gasteiger partial charge in [0.1, 0.15) is 6.34 Å². The molecule has 0 unspecified atom stereocenters. The SMILES string of the molecule is ON=CN1CNCNC1. The second-order valence-electron chi connectivity index (χ2n) is 1.81. The van der Waals surface area contributed by atoms with E-state index in [9.17, 15) is 0 Å². The van der Waals surface area contributed by atoms with Crippen molar-refractivity contribution in [3.05, 3.63) is 0 Å². The highest BCUT2D eigenvalue weighted by atomic mass is 16.4. The molecule has 52 valence electrons. The fourth-order valence-corrected chi connectivity index (χ4v) is 0.698. The first-order valence-electron chi connectivity index (χ1n) is 2.76. The zero-order valence-electron chi connectivity index (χ0n) is 5.04. The van der Waals surface area contributed by atoms with Crippen LogP contribution < -0.4 is 10.6 Å². The Labute approximate surface area is 53.3 Å². The summed E-state index contributed by atoms with van der Waals surface area (Å²) in [7, 11) is 0. The van der Waals surface area contributed by atoms with E-state index in [1.807, 2.05) is 4.90 Å². The second kappa shape index (κ2) is 3.26. The third-order valence-corrected chi connectivity index (χ3v) is 1.09. The Morgan fingerprint density at radius 3 is 2.67 bits per heavy atom. The Bertz CT molecular complexity index is 98.7. The van der Waals surface area contributed by atoms with Gasteiger partial charge in [-0.2, -0.15) is 0 Å². The van der Waals surface area contributed by atoms with Crippen molar-refractivity contribution in [3.63, 3.8) is 0 Å². The first-order chi connectivity index (χ1) is 4.43. The molecule has 1 heterocycles. The van der Waals surface area contributed by atoms with Crippen molar-refractivity contribution in [1.82, 2.24) is 15.5 Å². The van der Waals surface area contributed by atoms with Crippen molar-refractivity contribution >= 4 is 6.34 Å². The molecular formula is C4H10N4O. The molecule has 0 spiro atoms. The lowest BCUT2D eigenvalue weighted by molar-refractivity contribution is 0.270. The van der Waals surface area contributed by atoms with E-state index in [0.29, 0.717) is 0 Å². The molecule has 0 saturated carbocycles. The predicted octanol–water partition coefficient (Wildman–Crippen LogP) is -1.23. The van der Waals surface area contributed by atoms with Crippen LogP contribution >= 0.6 is 0 Å². The second-order valence-corrected chi connectivity index (χ2v) is 1.81. The molecule has 9 heavy (non-hydrogen) atoms. The normalized spacial score (nSPS) is 21.1. The fourth-order valence-electron chi connectivity index (χ4n) is 0.698. The summed E-state index contributed by atoms with van der Waals surface area (Å²) in [6.07, 6.45) is 1.37. The Hall–Kier alpha value is -0.810. The molecule has 1 fully saturated rings. The molecule has 0 aliphatic carbocycles. The highest BCUT2D eigenvalue weighted by Crippen LogP contribution is 1.80. The molecule has 0 atom stereocenters. The maximum atomic E-state index is 8.09. The lowest BCUT2D eigenvalue weighted by atomic mass is 10.7. The van der Waals surface area contributed by atoms with Gasteiger partial charge in [-0.1, -0.05) is 5.16 Å². The van der Waals surface area contributed by atoms with E-state index >= 15 is 0 Å². The zero-order chi connectivity index (χ0) is 6.53. The average molecular weight is 130 g/mol. The minimum Gasteiger partial charge on any atom is -0.410 e. The van der Waals surface area contributed by atoms with Crippen LogP contribution in [0.25, 0.3) is 0 Å². The molecule has 5 heteroatoms. The summed E-state index contributed by atoms with van der Waals surface area (Å²) in [6.45, 7) is 2.28. The first-order valence-corrected chi connectivity index (χ1v) is 2.76. The Balaban J connectivity index is 2.23.